The first-order chi connectivity index (χ1) is 8.97. The molecule has 3 rings (SSSR count). The van der Waals surface area contributed by atoms with E-state index in [0.717, 1.165) is 0 Å². The highest BCUT2D eigenvalue weighted by Gasteiger charge is 2.61. The smallest absolute Gasteiger partial charge is 0.306 e. The summed E-state index contributed by atoms with van der Waals surface area (Å²) in [4.78, 5) is 10.8. The second-order valence-corrected chi connectivity index (χ2v) is 5.38. The molecule has 5 nitrogen and oxygen atoms in total. The van der Waals surface area contributed by atoms with Crippen molar-refractivity contribution in [3.05, 3.63) is 11.8 Å². The second-order valence-electron chi connectivity index (χ2n) is 5.38. The highest BCUT2D eigenvalue weighted by Crippen LogP contribution is 2.55. The fourth-order valence-corrected chi connectivity index (χ4v) is 2.62. The van der Waals surface area contributed by atoms with Gasteiger partial charge in [-0.3, -0.25) is 4.79 Å². The van der Waals surface area contributed by atoms with Crippen molar-refractivity contribution < 1.29 is 23.1 Å². The Hall–Kier alpha value is -1.53. The number of hydrogen-bond donors (Lipinski definition) is 1. The van der Waals surface area contributed by atoms with Crippen molar-refractivity contribution >= 4 is 5.97 Å². The van der Waals surface area contributed by atoms with E-state index in [1.807, 2.05) is 0 Å². The third-order valence-electron chi connectivity index (χ3n) is 4.01. The van der Waals surface area contributed by atoms with Crippen LogP contribution in [-0.2, 0) is 4.79 Å². The molecule has 0 aromatic carbocycles. The van der Waals surface area contributed by atoms with Crippen LogP contribution in [0, 0.1) is 5.92 Å². The van der Waals surface area contributed by atoms with Crippen LogP contribution in [0.3, 0.4) is 0 Å². The van der Waals surface area contributed by atoms with Gasteiger partial charge in [0, 0.05) is 12.3 Å². The first kappa shape index (κ1) is 12.5. The second kappa shape index (κ2) is 4.25. The summed E-state index contributed by atoms with van der Waals surface area (Å²) in [5.74, 6) is -4.32. The Bertz CT molecular complexity index is 495. The number of carboxylic acids is 1. The van der Waals surface area contributed by atoms with Gasteiger partial charge < -0.3 is 9.52 Å². The Morgan fingerprint density at radius 1 is 1.21 bits per heavy atom. The van der Waals surface area contributed by atoms with Crippen molar-refractivity contribution in [1.29, 1.82) is 0 Å². The van der Waals surface area contributed by atoms with E-state index in [9.17, 15) is 13.6 Å². The summed E-state index contributed by atoms with van der Waals surface area (Å²) < 4.78 is 31.1. The maximum Gasteiger partial charge on any atom is 0.306 e. The van der Waals surface area contributed by atoms with Gasteiger partial charge in [-0.05, 0) is 25.7 Å². The molecule has 104 valence electrons. The maximum absolute atomic E-state index is 12.9. The van der Waals surface area contributed by atoms with Gasteiger partial charge in [0.15, 0.2) is 0 Å². The van der Waals surface area contributed by atoms with Gasteiger partial charge in [-0.2, -0.15) is 0 Å². The molecule has 19 heavy (non-hydrogen) atoms. The molecule has 7 heteroatoms. The number of carboxylic acid groups (broad SMARTS) is 1. The zero-order valence-corrected chi connectivity index (χ0v) is 10.2. The van der Waals surface area contributed by atoms with Gasteiger partial charge in [-0.25, -0.2) is 8.78 Å². The van der Waals surface area contributed by atoms with Crippen molar-refractivity contribution in [2.45, 2.75) is 49.9 Å². The fourth-order valence-electron chi connectivity index (χ4n) is 2.62. The molecule has 1 heterocycles. The summed E-state index contributed by atoms with van der Waals surface area (Å²) in [6, 6.07) is 0. The van der Waals surface area contributed by atoms with Gasteiger partial charge in [-0.1, -0.05) is 0 Å². The number of hydrogen-bond acceptors (Lipinski definition) is 4. The molecular formula is C12H14F2N2O3. The van der Waals surface area contributed by atoms with E-state index in [1.54, 1.807) is 0 Å². The number of halogens is 2. The van der Waals surface area contributed by atoms with Gasteiger partial charge in [0.25, 0.3) is 5.92 Å². The average molecular weight is 272 g/mol. The van der Waals surface area contributed by atoms with E-state index >= 15 is 0 Å². The lowest BCUT2D eigenvalue weighted by atomic mass is 9.82. The Morgan fingerprint density at radius 2 is 1.79 bits per heavy atom. The van der Waals surface area contributed by atoms with Gasteiger partial charge in [0.05, 0.1) is 5.92 Å². The summed E-state index contributed by atoms with van der Waals surface area (Å²) in [6.07, 6.45) is 2.22. The summed E-state index contributed by atoms with van der Waals surface area (Å²) in [5.41, 5.74) is 0. The Balaban J connectivity index is 1.63. The quantitative estimate of drug-likeness (QED) is 0.915. The Kier molecular flexibility index (Phi) is 2.79. The molecule has 2 aliphatic carbocycles. The monoisotopic (exact) mass is 272 g/mol. The molecule has 0 bridgehead atoms. The lowest BCUT2D eigenvalue weighted by molar-refractivity contribution is -0.142. The zero-order chi connectivity index (χ0) is 13.6. The first-order valence-corrected chi connectivity index (χ1v) is 6.41. The first-order valence-electron chi connectivity index (χ1n) is 6.41. The van der Waals surface area contributed by atoms with Crippen molar-refractivity contribution in [2.24, 2.45) is 5.92 Å². The molecule has 2 saturated carbocycles. The SMILES string of the molecule is O=C(O)C1CCC(c2nnc(C3CC3(F)F)o2)CC1. The third-order valence-corrected chi connectivity index (χ3v) is 4.01. The van der Waals surface area contributed by atoms with E-state index in [1.165, 1.54) is 0 Å². The number of alkyl halides is 2. The number of aromatic nitrogens is 2. The summed E-state index contributed by atoms with van der Waals surface area (Å²) in [7, 11) is 0. The minimum atomic E-state index is -2.70. The van der Waals surface area contributed by atoms with Gasteiger partial charge in [-0.15, -0.1) is 10.2 Å². The lowest BCUT2D eigenvalue weighted by Gasteiger charge is -2.23. The number of rotatable bonds is 3. The molecule has 0 radical (unpaired) electrons. The standard InChI is InChI=1S/C12H14F2N2O3/c13-12(14)5-8(12)10-16-15-9(19-10)6-1-3-7(4-2-6)11(17)18/h6-8H,1-5H2,(H,17,18). The molecule has 0 amide bonds. The van der Waals surface area contributed by atoms with Crippen molar-refractivity contribution in [1.82, 2.24) is 10.2 Å². The molecule has 2 aliphatic rings. The topological polar surface area (TPSA) is 76.2 Å². The van der Waals surface area contributed by atoms with Crippen LogP contribution in [0.5, 0.6) is 0 Å². The van der Waals surface area contributed by atoms with Crippen molar-refractivity contribution in [2.75, 3.05) is 0 Å². The van der Waals surface area contributed by atoms with Crippen LogP contribution in [0.4, 0.5) is 8.78 Å². The van der Waals surface area contributed by atoms with Crippen molar-refractivity contribution in [3.8, 4) is 0 Å². The average Bonchev–Trinajstić information content (AvgIpc) is 2.82. The molecule has 1 aromatic heterocycles. The normalized spacial score (nSPS) is 33.1. The third kappa shape index (κ3) is 2.33. The molecule has 1 aromatic rings. The van der Waals surface area contributed by atoms with Crippen LogP contribution in [0.15, 0.2) is 4.42 Å². The van der Waals surface area contributed by atoms with E-state index < -0.39 is 17.8 Å². The van der Waals surface area contributed by atoms with E-state index in [0.29, 0.717) is 31.6 Å². The van der Waals surface area contributed by atoms with Gasteiger partial charge >= 0.3 is 5.97 Å². The van der Waals surface area contributed by atoms with Gasteiger partial charge in [0.2, 0.25) is 11.8 Å². The zero-order valence-electron chi connectivity index (χ0n) is 10.2. The Labute approximate surface area is 108 Å². The minimum absolute atomic E-state index is 0.00391. The Morgan fingerprint density at radius 3 is 2.32 bits per heavy atom. The number of nitrogens with zero attached hydrogens (tertiary/aromatic N) is 2. The van der Waals surface area contributed by atoms with Crippen LogP contribution >= 0.6 is 0 Å². The van der Waals surface area contributed by atoms with Crippen LogP contribution < -0.4 is 0 Å². The molecule has 0 spiro atoms. The molecular weight excluding hydrogens is 258 g/mol. The minimum Gasteiger partial charge on any atom is -0.481 e. The number of aliphatic carboxylic acids is 1. The summed E-state index contributed by atoms with van der Waals surface area (Å²) in [5, 5.41) is 16.4. The van der Waals surface area contributed by atoms with Crippen LogP contribution in [-0.4, -0.2) is 27.2 Å². The number of carbonyl (C=O) groups is 1. The highest BCUT2D eigenvalue weighted by molar-refractivity contribution is 5.70. The van der Waals surface area contributed by atoms with E-state index in [-0.39, 0.29) is 24.1 Å². The lowest BCUT2D eigenvalue weighted by Crippen LogP contribution is -2.20. The maximum atomic E-state index is 12.9. The van der Waals surface area contributed by atoms with Crippen LogP contribution in [0.25, 0.3) is 0 Å². The van der Waals surface area contributed by atoms with Gasteiger partial charge in [0.1, 0.15) is 5.92 Å². The predicted octanol–water partition coefficient (Wildman–Crippen LogP) is 2.55. The van der Waals surface area contributed by atoms with Crippen LogP contribution in [0.2, 0.25) is 0 Å². The highest BCUT2D eigenvalue weighted by atomic mass is 19.3. The molecule has 1 N–H and O–H groups in total. The molecule has 0 saturated heterocycles. The van der Waals surface area contributed by atoms with Crippen molar-refractivity contribution in [3.63, 3.8) is 0 Å². The predicted molar refractivity (Wildman–Crippen MR) is 58.9 cm³/mol. The largest absolute Gasteiger partial charge is 0.481 e. The molecule has 1 atom stereocenters. The van der Waals surface area contributed by atoms with E-state index in [2.05, 4.69) is 10.2 Å². The molecule has 0 aliphatic heterocycles. The molecule has 1 unspecified atom stereocenters. The van der Waals surface area contributed by atoms with Crippen LogP contribution in [0.1, 0.15) is 55.7 Å². The summed E-state index contributed by atoms with van der Waals surface area (Å²) in [6.45, 7) is 0. The summed E-state index contributed by atoms with van der Waals surface area (Å²) >= 11 is 0. The fraction of sp³-hybridized carbons (Fsp3) is 0.750. The molecule has 2 fully saturated rings. The van der Waals surface area contributed by atoms with E-state index in [4.69, 9.17) is 9.52 Å².